The summed E-state index contributed by atoms with van der Waals surface area (Å²) < 4.78 is 13.2. The normalized spacial score (nSPS) is 40.1. The van der Waals surface area contributed by atoms with Gasteiger partial charge in [-0.2, -0.15) is 0 Å². The maximum Gasteiger partial charge on any atom is 0.123 e. The molecule has 2 aliphatic carbocycles. The van der Waals surface area contributed by atoms with Crippen LogP contribution in [-0.4, -0.2) is 6.04 Å². The average molecular weight is 219 g/mol. The molecule has 1 aromatic rings. The van der Waals surface area contributed by atoms with Crippen molar-refractivity contribution in [3.63, 3.8) is 0 Å². The zero-order chi connectivity index (χ0) is 11.5. The summed E-state index contributed by atoms with van der Waals surface area (Å²) >= 11 is 0. The first-order chi connectivity index (χ1) is 7.58. The molecule has 4 atom stereocenters. The Hall–Kier alpha value is -0.890. The molecule has 0 aromatic heterocycles. The van der Waals surface area contributed by atoms with Crippen molar-refractivity contribution >= 4 is 0 Å². The van der Waals surface area contributed by atoms with Crippen LogP contribution in [0.25, 0.3) is 0 Å². The molecule has 0 bridgehead atoms. The van der Waals surface area contributed by atoms with E-state index in [-0.39, 0.29) is 17.3 Å². The van der Waals surface area contributed by atoms with Crippen molar-refractivity contribution in [3.05, 3.63) is 35.1 Å². The summed E-state index contributed by atoms with van der Waals surface area (Å²) in [6, 6.07) is 5.52. The molecule has 4 unspecified atom stereocenters. The molecule has 0 amide bonds. The van der Waals surface area contributed by atoms with Crippen LogP contribution in [-0.2, 0) is 6.42 Å². The summed E-state index contributed by atoms with van der Waals surface area (Å²) in [5.74, 6) is 0.983. The molecular weight excluding hydrogens is 201 g/mol. The first-order valence-corrected chi connectivity index (χ1v) is 6.12. The number of nitrogens with two attached hydrogens (primary N) is 1. The molecule has 0 spiro atoms. The zero-order valence-electron chi connectivity index (χ0n) is 9.83. The lowest BCUT2D eigenvalue weighted by Gasteiger charge is -2.56. The molecule has 0 heterocycles. The topological polar surface area (TPSA) is 26.0 Å². The highest BCUT2D eigenvalue weighted by molar-refractivity contribution is 5.43. The minimum absolute atomic E-state index is 0.119. The number of rotatable bonds is 1. The molecule has 16 heavy (non-hydrogen) atoms. The highest BCUT2D eigenvalue weighted by Crippen LogP contribution is 2.62. The SMILES string of the molecule is CCC1(C)C(N)C2Cc3cc(F)ccc3C21. The van der Waals surface area contributed by atoms with Gasteiger partial charge in [-0.25, -0.2) is 4.39 Å². The Bertz CT molecular complexity index is 442. The van der Waals surface area contributed by atoms with Gasteiger partial charge in [-0.1, -0.05) is 19.9 Å². The van der Waals surface area contributed by atoms with E-state index in [2.05, 4.69) is 13.8 Å². The van der Waals surface area contributed by atoms with E-state index in [1.807, 2.05) is 6.07 Å². The third-order valence-electron chi connectivity index (χ3n) is 5.02. The van der Waals surface area contributed by atoms with Crippen molar-refractivity contribution < 1.29 is 4.39 Å². The highest BCUT2D eigenvalue weighted by atomic mass is 19.1. The van der Waals surface area contributed by atoms with Crippen LogP contribution in [0, 0.1) is 17.2 Å². The van der Waals surface area contributed by atoms with Crippen molar-refractivity contribution in [1.29, 1.82) is 0 Å². The standard InChI is InChI=1S/C14H18FN/c1-3-14(2)12-10-5-4-9(15)6-8(10)7-11(12)13(14)16/h4-6,11-13H,3,7,16H2,1-2H3. The van der Waals surface area contributed by atoms with Crippen LogP contribution in [0.4, 0.5) is 4.39 Å². The van der Waals surface area contributed by atoms with Crippen molar-refractivity contribution in [2.75, 3.05) is 0 Å². The molecule has 86 valence electrons. The van der Waals surface area contributed by atoms with Crippen LogP contribution in [0.3, 0.4) is 0 Å². The molecule has 3 rings (SSSR count). The number of benzene rings is 1. The fourth-order valence-corrected chi connectivity index (χ4v) is 3.87. The van der Waals surface area contributed by atoms with Gasteiger partial charge in [-0.3, -0.25) is 0 Å². The van der Waals surface area contributed by atoms with Crippen molar-refractivity contribution in [3.8, 4) is 0 Å². The number of hydrogen-bond donors (Lipinski definition) is 1. The van der Waals surface area contributed by atoms with Gasteiger partial charge in [0.2, 0.25) is 0 Å². The van der Waals surface area contributed by atoms with Gasteiger partial charge in [0.25, 0.3) is 0 Å². The summed E-state index contributed by atoms with van der Waals surface area (Å²) in [6.45, 7) is 4.48. The summed E-state index contributed by atoms with van der Waals surface area (Å²) in [4.78, 5) is 0. The number of fused-ring (bicyclic) bond motifs is 3. The molecule has 0 saturated heterocycles. The lowest BCUT2D eigenvalue weighted by Crippen LogP contribution is -2.60. The molecule has 2 N–H and O–H groups in total. The first-order valence-electron chi connectivity index (χ1n) is 6.12. The predicted octanol–water partition coefficient (Wildman–Crippen LogP) is 2.84. The third kappa shape index (κ3) is 1.03. The third-order valence-corrected chi connectivity index (χ3v) is 5.02. The van der Waals surface area contributed by atoms with Crippen LogP contribution >= 0.6 is 0 Å². The second kappa shape index (κ2) is 3.07. The minimum Gasteiger partial charge on any atom is -0.327 e. The van der Waals surface area contributed by atoms with Gasteiger partial charge in [0.1, 0.15) is 5.82 Å². The van der Waals surface area contributed by atoms with E-state index < -0.39 is 0 Å². The van der Waals surface area contributed by atoms with E-state index in [1.54, 1.807) is 12.1 Å². The Kier molecular flexibility index (Phi) is 1.97. The smallest absolute Gasteiger partial charge is 0.123 e. The Morgan fingerprint density at radius 2 is 2.25 bits per heavy atom. The van der Waals surface area contributed by atoms with Gasteiger partial charge < -0.3 is 5.73 Å². The maximum absolute atomic E-state index is 13.2. The van der Waals surface area contributed by atoms with Gasteiger partial charge in [-0.15, -0.1) is 0 Å². The largest absolute Gasteiger partial charge is 0.327 e. The number of halogens is 1. The fraction of sp³-hybridized carbons (Fsp3) is 0.571. The lowest BCUT2D eigenvalue weighted by molar-refractivity contribution is 0.00543. The second-order valence-electron chi connectivity index (χ2n) is 5.57. The fourth-order valence-electron chi connectivity index (χ4n) is 3.87. The predicted molar refractivity (Wildman–Crippen MR) is 62.7 cm³/mol. The van der Waals surface area contributed by atoms with Crippen molar-refractivity contribution in [1.82, 2.24) is 0 Å². The molecule has 0 radical (unpaired) electrons. The van der Waals surface area contributed by atoms with Gasteiger partial charge >= 0.3 is 0 Å². The zero-order valence-corrected chi connectivity index (χ0v) is 9.83. The quantitative estimate of drug-likeness (QED) is 0.772. The van der Waals surface area contributed by atoms with Gasteiger partial charge in [0.15, 0.2) is 0 Å². The Morgan fingerprint density at radius 3 is 2.94 bits per heavy atom. The molecule has 1 fully saturated rings. The van der Waals surface area contributed by atoms with Crippen molar-refractivity contribution in [2.45, 2.75) is 38.6 Å². The summed E-state index contributed by atoms with van der Waals surface area (Å²) in [5, 5.41) is 0. The van der Waals surface area contributed by atoms with Crippen LogP contribution in [0.15, 0.2) is 18.2 Å². The summed E-state index contributed by atoms with van der Waals surface area (Å²) in [6.07, 6.45) is 2.07. The van der Waals surface area contributed by atoms with E-state index in [0.717, 1.165) is 12.8 Å². The highest BCUT2D eigenvalue weighted by Gasteiger charge is 2.59. The summed E-state index contributed by atoms with van der Waals surface area (Å²) in [5.41, 5.74) is 9.02. The van der Waals surface area contributed by atoms with Crippen LogP contribution < -0.4 is 5.73 Å². The molecule has 2 heteroatoms. The van der Waals surface area contributed by atoms with E-state index >= 15 is 0 Å². The monoisotopic (exact) mass is 219 g/mol. The average Bonchev–Trinajstić information content (AvgIpc) is 2.63. The van der Waals surface area contributed by atoms with Crippen LogP contribution in [0.1, 0.15) is 37.3 Å². The van der Waals surface area contributed by atoms with E-state index in [4.69, 9.17) is 5.73 Å². The second-order valence-corrected chi connectivity index (χ2v) is 5.57. The minimum atomic E-state index is -0.119. The molecule has 2 aliphatic rings. The van der Waals surface area contributed by atoms with Crippen LogP contribution in [0.2, 0.25) is 0 Å². The lowest BCUT2D eigenvalue weighted by atomic mass is 9.50. The van der Waals surface area contributed by atoms with Gasteiger partial charge in [-0.05, 0) is 53.4 Å². The molecular formula is C14H18FN. The van der Waals surface area contributed by atoms with Gasteiger partial charge in [0, 0.05) is 6.04 Å². The van der Waals surface area contributed by atoms with Crippen LogP contribution in [0.5, 0.6) is 0 Å². The van der Waals surface area contributed by atoms with Crippen molar-refractivity contribution in [2.24, 2.45) is 17.1 Å². The first kappa shape index (κ1) is 10.3. The Morgan fingerprint density at radius 1 is 1.50 bits per heavy atom. The Balaban J connectivity index is 2.05. The van der Waals surface area contributed by atoms with E-state index in [1.165, 1.54) is 11.1 Å². The van der Waals surface area contributed by atoms with Gasteiger partial charge in [0.05, 0.1) is 0 Å². The van der Waals surface area contributed by atoms with E-state index in [0.29, 0.717) is 11.8 Å². The molecule has 1 aromatic carbocycles. The number of hydrogen-bond acceptors (Lipinski definition) is 1. The molecule has 1 saturated carbocycles. The Labute approximate surface area is 95.8 Å². The maximum atomic E-state index is 13.2. The summed E-state index contributed by atoms with van der Waals surface area (Å²) in [7, 11) is 0. The molecule has 1 nitrogen and oxygen atoms in total. The van der Waals surface area contributed by atoms with E-state index in [9.17, 15) is 4.39 Å². The molecule has 0 aliphatic heterocycles.